The number of phenolic OH excluding ortho intramolecular Hbond substituents is 1. The number of benzene rings is 1. The summed E-state index contributed by atoms with van der Waals surface area (Å²) in [6.07, 6.45) is -3.79. The van der Waals surface area contributed by atoms with Crippen LogP contribution in [0.3, 0.4) is 0 Å². The Labute approximate surface area is 253 Å². The predicted molar refractivity (Wildman–Crippen MR) is 148 cm³/mol. The van der Waals surface area contributed by atoms with E-state index in [1.807, 2.05) is 0 Å². The van der Waals surface area contributed by atoms with Gasteiger partial charge in [0, 0.05) is 30.4 Å². The number of hydrogen-bond donors (Lipinski definition) is 7. The zero-order valence-electron chi connectivity index (χ0n) is 24.9. The normalized spacial score (nSPS) is 47.5. The third kappa shape index (κ3) is 4.14. The molecule has 2 saturated heterocycles. The van der Waals surface area contributed by atoms with Crippen LogP contribution in [0.1, 0.15) is 105 Å². The Morgan fingerprint density at radius 2 is 1.57 bits per heavy atom. The molecule has 242 valence electrons. The molecule has 5 unspecified atom stereocenters. The molecule has 2 saturated carbocycles. The minimum atomic E-state index is -3.49. The van der Waals surface area contributed by atoms with Crippen molar-refractivity contribution in [1.29, 1.82) is 0 Å². The molecule has 13 nitrogen and oxygen atoms in total. The van der Waals surface area contributed by atoms with E-state index in [0.29, 0.717) is 25.7 Å². The van der Waals surface area contributed by atoms with E-state index >= 15 is 0 Å². The zero-order chi connectivity index (χ0) is 32.2. The van der Waals surface area contributed by atoms with Crippen LogP contribution in [-0.4, -0.2) is 112 Å². The lowest BCUT2D eigenvalue weighted by atomic mass is 9.45. The number of Topliss-reactive ketones (excluding diaryl/α,β-unsaturated/α-hetero) is 3. The zero-order valence-corrected chi connectivity index (χ0v) is 24.9. The van der Waals surface area contributed by atoms with Crippen LogP contribution in [0.4, 0.5) is 0 Å². The molecule has 13 heteroatoms. The van der Waals surface area contributed by atoms with E-state index in [9.17, 15) is 50.1 Å². The quantitative estimate of drug-likeness (QED) is 0.239. The Kier molecular flexibility index (Phi) is 7.25. The maximum atomic E-state index is 14.0. The topological polar surface area (TPSA) is 221 Å². The Balaban J connectivity index is 1.30. The maximum Gasteiger partial charge on any atom is 0.202 e. The van der Waals surface area contributed by atoms with Gasteiger partial charge in [-0.2, -0.15) is 0 Å². The molecule has 4 fully saturated rings. The van der Waals surface area contributed by atoms with Gasteiger partial charge in [0.25, 0.3) is 0 Å². The van der Waals surface area contributed by atoms with Crippen LogP contribution < -0.4 is 0 Å². The van der Waals surface area contributed by atoms with Gasteiger partial charge in [-0.1, -0.05) is 6.07 Å². The Hall–Kier alpha value is -2.33. The number of aliphatic hydroxyl groups excluding tert-OH is 1. The fourth-order valence-corrected chi connectivity index (χ4v) is 8.15. The Morgan fingerprint density at radius 1 is 0.864 bits per heavy atom. The lowest BCUT2D eigenvalue weighted by molar-refractivity contribution is -0.301. The summed E-state index contributed by atoms with van der Waals surface area (Å²) in [5.74, 6) is -4.64. The van der Waals surface area contributed by atoms with Crippen LogP contribution >= 0.6 is 0 Å². The number of ketones is 3. The second-order valence-electron chi connectivity index (χ2n) is 13.7. The van der Waals surface area contributed by atoms with Crippen LogP contribution in [0.15, 0.2) is 12.1 Å². The molecule has 0 aromatic heterocycles. The molecule has 2 aliphatic heterocycles. The van der Waals surface area contributed by atoms with E-state index in [-0.39, 0.29) is 17.8 Å². The molecule has 5 aliphatic rings. The molecular weight excluding hydrogens is 580 g/mol. The molecule has 3 aliphatic carbocycles. The van der Waals surface area contributed by atoms with Crippen LogP contribution in [0.5, 0.6) is 5.75 Å². The van der Waals surface area contributed by atoms with Crippen LogP contribution in [0.25, 0.3) is 0 Å². The first-order valence-electron chi connectivity index (χ1n) is 15.2. The lowest BCUT2D eigenvalue weighted by Gasteiger charge is -2.63. The molecular formula is C31H40O13. The maximum absolute atomic E-state index is 14.0. The van der Waals surface area contributed by atoms with Crippen LogP contribution in [0, 0.1) is 0 Å². The summed E-state index contributed by atoms with van der Waals surface area (Å²) in [7, 11) is 0. The van der Waals surface area contributed by atoms with Gasteiger partial charge in [-0.3, -0.25) is 14.4 Å². The van der Waals surface area contributed by atoms with Crippen molar-refractivity contribution in [3.8, 4) is 5.75 Å². The lowest BCUT2D eigenvalue weighted by Crippen LogP contribution is -2.88. The summed E-state index contributed by atoms with van der Waals surface area (Å²) in [6, 6.07) is 2.49. The Bertz CT molecular complexity index is 1410. The predicted octanol–water partition coefficient (Wildman–Crippen LogP) is 0.114. The van der Waals surface area contributed by atoms with Gasteiger partial charge < -0.3 is 50.0 Å². The number of hydrogen-bond acceptors (Lipinski definition) is 13. The molecule has 0 amide bonds. The van der Waals surface area contributed by atoms with Crippen LogP contribution in [-0.2, 0) is 19.0 Å². The average Bonchev–Trinajstić information content (AvgIpc) is 2.94. The third-order valence-electron chi connectivity index (χ3n) is 10.6. The van der Waals surface area contributed by atoms with E-state index in [2.05, 4.69) is 0 Å². The van der Waals surface area contributed by atoms with Crippen molar-refractivity contribution in [2.75, 3.05) is 0 Å². The second-order valence-corrected chi connectivity index (χ2v) is 13.7. The highest BCUT2D eigenvalue weighted by molar-refractivity contribution is 6.25. The molecule has 1 aromatic carbocycles. The number of fused-ring (bicyclic) bond motifs is 4. The van der Waals surface area contributed by atoms with E-state index in [4.69, 9.17) is 14.2 Å². The third-order valence-corrected chi connectivity index (χ3v) is 10.6. The first-order valence-corrected chi connectivity index (χ1v) is 15.2. The molecule has 0 bridgehead atoms. The van der Waals surface area contributed by atoms with Gasteiger partial charge in [-0.15, -0.1) is 0 Å². The van der Waals surface area contributed by atoms with Crippen molar-refractivity contribution >= 4 is 17.3 Å². The number of aromatic hydroxyl groups is 1. The largest absolute Gasteiger partial charge is 0.507 e. The van der Waals surface area contributed by atoms with Gasteiger partial charge >= 0.3 is 0 Å². The molecule has 7 N–H and O–H groups in total. The number of rotatable bonds is 3. The number of carbonyl (C=O) groups excluding carboxylic acids is 3. The van der Waals surface area contributed by atoms with Crippen molar-refractivity contribution < 1.29 is 64.3 Å². The Morgan fingerprint density at radius 3 is 2.23 bits per heavy atom. The van der Waals surface area contributed by atoms with E-state index in [1.54, 1.807) is 13.8 Å². The summed E-state index contributed by atoms with van der Waals surface area (Å²) in [5, 5.41) is 78.5. The smallest absolute Gasteiger partial charge is 0.202 e. The fourth-order valence-electron chi connectivity index (χ4n) is 8.15. The summed E-state index contributed by atoms with van der Waals surface area (Å²) in [5.41, 5.74) is -15.2. The number of carbonyl (C=O) groups is 3. The average molecular weight is 621 g/mol. The number of ether oxygens (including phenoxy) is 3. The van der Waals surface area contributed by atoms with Crippen LogP contribution in [0.2, 0.25) is 0 Å². The highest BCUT2D eigenvalue weighted by Gasteiger charge is 2.83. The summed E-state index contributed by atoms with van der Waals surface area (Å²) < 4.78 is 18.0. The molecule has 0 radical (unpaired) electrons. The minimum Gasteiger partial charge on any atom is -0.507 e. The van der Waals surface area contributed by atoms with E-state index < -0.39 is 113 Å². The molecule has 2 heterocycles. The van der Waals surface area contributed by atoms with E-state index in [0.717, 1.165) is 6.07 Å². The van der Waals surface area contributed by atoms with Crippen molar-refractivity contribution in [2.45, 2.75) is 137 Å². The first kappa shape index (κ1) is 31.6. The van der Waals surface area contributed by atoms with Gasteiger partial charge in [0.2, 0.25) is 17.2 Å². The summed E-state index contributed by atoms with van der Waals surface area (Å²) in [6.45, 7) is 4.81. The van der Waals surface area contributed by atoms with Crippen molar-refractivity contribution in [3.63, 3.8) is 0 Å². The van der Waals surface area contributed by atoms with Gasteiger partial charge in [-0.25, -0.2) is 0 Å². The minimum absolute atomic E-state index is 0.158. The molecule has 44 heavy (non-hydrogen) atoms. The van der Waals surface area contributed by atoms with Gasteiger partial charge in [0.05, 0.1) is 41.7 Å². The highest BCUT2D eigenvalue weighted by atomic mass is 16.7. The molecule has 1 aromatic rings. The van der Waals surface area contributed by atoms with Crippen molar-refractivity contribution in [3.05, 3.63) is 28.8 Å². The number of phenols is 1. The molecule has 0 spiro atoms. The highest BCUT2D eigenvalue weighted by Crippen LogP contribution is 2.60. The summed E-state index contributed by atoms with van der Waals surface area (Å²) in [4.78, 5) is 41.2. The standard InChI is InChI=1S/C31H40O13/c1-14-18(32)6-9-22(43-14)44-19-7-8-20(42-15(19)2)16-4-5-17-23(24(16)34)26(36)29(39)11-10-28(38)13-27(3,37)12-21(33)30(28,40)31(29,41)25(17)35/h4-5,14-15,18-20,22,32,34,37-41H,6-13H2,1-3H3/t14-,15+,18+,19-,20-,22-,27?,28?,29?,30?,31?/m0/s1. The van der Waals surface area contributed by atoms with Crippen molar-refractivity contribution in [2.24, 2.45) is 0 Å². The second kappa shape index (κ2) is 10.1. The van der Waals surface area contributed by atoms with E-state index in [1.165, 1.54) is 13.0 Å². The first-order chi connectivity index (χ1) is 20.4. The molecule has 11 atom stereocenters. The monoisotopic (exact) mass is 620 g/mol. The fraction of sp³-hybridized carbons (Fsp3) is 0.710. The molecule has 6 rings (SSSR count). The van der Waals surface area contributed by atoms with Gasteiger partial charge in [-0.05, 0) is 58.9 Å². The van der Waals surface area contributed by atoms with Gasteiger partial charge in [0.1, 0.15) is 11.4 Å². The van der Waals surface area contributed by atoms with Crippen molar-refractivity contribution in [1.82, 2.24) is 0 Å². The summed E-state index contributed by atoms with van der Waals surface area (Å²) >= 11 is 0. The SMILES string of the molecule is C[C@@H]1O[C@@H](O[C@H]2CC[C@@H](c3ccc4c(c3O)C(=O)C3(O)CCC5(O)CC(C)(O)CC(=O)C5(O)C3(O)C4=O)O[C@@H]2C)CC[C@H]1O. The number of aliphatic hydroxyl groups is 6. The van der Waals surface area contributed by atoms with Gasteiger partial charge in [0.15, 0.2) is 23.3 Å².